The van der Waals surface area contributed by atoms with E-state index in [-0.39, 0.29) is 5.92 Å². The molecule has 76 valence electrons. The zero-order valence-corrected chi connectivity index (χ0v) is 8.71. The second-order valence-electron chi connectivity index (χ2n) is 4.31. The lowest BCUT2D eigenvalue weighted by Crippen LogP contribution is -2.27. The molecule has 1 heterocycles. The van der Waals surface area contributed by atoms with Crippen LogP contribution >= 0.6 is 0 Å². The summed E-state index contributed by atoms with van der Waals surface area (Å²) in [6.07, 6.45) is 4.05. The van der Waals surface area contributed by atoms with Crippen LogP contribution < -0.4 is 0 Å². The Hall–Kier alpha value is -0.370. The second-order valence-corrected chi connectivity index (χ2v) is 4.31. The van der Waals surface area contributed by atoms with Gasteiger partial charge in [-0.1, -0.05) is 26.7 Å². The van der Waals surface area contributed by atoms with E-state index in [4.69, 9.17) is 4.74 Å². The summed E-state index contributed by atoms with van der Waals surface area (Å²) in [6, 6.07) is 0. The summed E-state index contributed by atoms with van der Waals surface area (Å²) in [6.45, 7) is 5.74. The van der Waals surface area contributed by atoms with E-state index in [9.17, 15) is 4.79 Å². The standard InChI is InChI=1S/C11H20O2/c1-9(2)4-3-5-10-8-13-7-6-11(10)12/h9-10H,3-8H2,1-2H3. The SMILES string of the molecule is CC(C)CCCC1COCCC1=O. The summed E-state index contributed by atoms with van der Waals surface area (Å²) < 4.78 is 5.29. The van der Waals surface area contributed by atoms with E-state index in [2.05, 4.69) is 13.8 Å². The van der Waals surface area contributed by atoms with E-state index >= 15 is 0 Å². The normalized spacial score (nSPS) is 23.9. The van der Waals surface area contributed by atoms with Gasteiger partial charge >= 0.3 is 0 Å². The van der Waals surface area contributed by atoms with Gasteiger partial charge in [-0.3, -0.25) is 4.79 Å². The van der Waals surface area contributed by atoms with Crippen molar-refractivity contribution in [3.8, 4) is 0 Å². The molecule has 1 fully saturated rings. The van der Waals surface area contributed by atoms with Gasteiger partial charge in [0, 0.05) is 12.3 Å². The maximum absolute atomic E-state index is 11.4. The topological polar surface area (TPSA) is 26.3 Å². The summed E-state index contributed by atoms with van der Waals surface area (Å²) >= 11 is 0. The van der Waals surface area contributed by atoms with Crippen molar-refractivity contribution in [3.05, 3.63) is 0 Å². The van der Waals surface area contributed by atoms with Gasteiger partial charge in [0.1, 0.15) is 5.78 Å². The molecule has 0 aromatic carbocycles. The Morgan fingerprint density at radius 2 is 2.31 bits per heavy atom. The summed E-state index contributed by atoms with van der Waals surface area (Å²) in [4.78, 5) is 11.4. The molecule has 1 saturated heterocycles. The number of carbonyl (C=O) groups is 1. The first-order valence-corrected chi connectivity index (χ1v) is 5.30. The van der Waals surface area contributed by atoms with Gasteiger partial charge in [-0.05, 0) is 12.3 Å². The highest BCUT2D eigenvalue weighted by molar-refractivity contribution is 5.81. The Balaban J connectivity index is 2.15. The average molecular weight is 184 g/mol. The monoisotopic (exact) mass is 184 g/mol. The highest BCUT2D eigenvalue weighted by Crippen LogP contribution is 2.18. The van der Waals surface area contributed by atoms with Crippen LogP contribution in [0.2, 0.25) is 0 Å². The van der Waals surface area contributed by atoms with Gasteiger partial charge in [-0.25, -0.2) is 0 Å². The molecule has 0 amide bonds. The van der Waals surface area contributed by atoms with Gasteiger partial charge in [-0.15, -0.1) is 0 Å². The molecule has 0 radical (unpaired) electrons. The lowest BCUT2D eigenvalue weighted by molar-refractivity contribution is -0.130. The Morgan fingerprint density at radius 1 is 1.54 bits per heavy atom. The maximum atomic E-state index is 11.4. The van der Waals surface area contributed by atoms with Crippen LogP contribution in [-0.4, -0.2) is 19.0 Å². The van der Waals surface area contributed by atoms with E-state index < -0.39 is 0 Å². The molecule has 1 atom stereocenters. The molecule has 0 aromatic rings. The van der Waals surface area contributed by atoms with Crippen LogP contribution in [0.5, 0.6) is 0 Å². The Morgan fingerprint density at radius 3 is 2.92 bits per heavy atom. The average Bonchev–Trinajstić information content (AvgIpc) is 2.08. The molecule has 1 aliphatic rings. The van der Waals surface area contributed by atoms with Crippen molar-refractivity contribution in [1.29, 1.82) is 0 Å². The van der Waals surface area contributed by atoms with Crippen molar-refractivity contribution in [1.82, 2.24) is 0 Å². The van der Waals surface area contributed by atoms with Crippen LogP contribution in [0.15, 0.2) is 0 Å². The molecule has 1 unspecified atom stereocenters. The molecule has 2 nitrogen and oxygen atoms in total. The molecule has 0 aromatic heterocycles. The fourth-order valence-corrected chi connectivity index (χ4v) is 1.71. The molecule has 0 N–H and O–H groups in total. The molecular weight excluding hydrogens is 164 g/mol. The molecule has 0 aliphatic carbocycles. The van der Waals surface area contributed by atoms with E-state index in [1.807, 2.05) is 0 Å². The van der Waals surface area contributed by atoms with Crippen LogP contribution in [0.25, 0.3) is 0 Å². The van der Waals surface area contributed by atoms with Crippen LogP contribution in [0.3, 0.4) is 0 Å². The summed E-state index contributed by atoms with van der Waals surface area (Å²) in [7, 11) is 0. The highest BCUT2D eigenvalue weighted by Gasteiger charge is 2.21. The molecule has 1 rings (SSSR count). The van der Waals surface area contributed by atoms with E-state index in [0.717, 1.165) is 18.8 Å². The molecule has 13 heavy (non-hydrogen) atoms. The van der Waals surface area contributed by atoms with E-state index in [1.54, 1.807) is 0 Å². The third-order valence-corrected chi connectivity index (χ3v) is 2.60. The Labute approximate surface area is 80.7 Å². The number of ketones is 1. The summed E-state index contributed by atoms with van der Waals surface area (Å²) in [5.41, 5.74) is 0. The molecule has 2 heteroatoms. The van der Waals surface area contributed by atoms with Crippen molar-refractivity contribution in [3.63, 3.8) is 0 Å². The van der Waals surface area contributed by atoms with Crippen molar-refractivity contribution >= 4 is 5.78 Å². The molecule has 0 bridgehead atoms. The quantitative estimate of drug-likeness (QED) is 0.670. The van der Waals surface area contributed by atoms with E-state index in [1.165, 1.54) is 6.42 Å². The molecule has 0 saturated carbocycles. The predicted molar refractivity (Wildman–Crippen MR) is 52.6 cm³/mol. The smallest absolute Gasteiger partial charge is 0.140 e. The first-order valence-electron chi connectivity index (χ1n) is 5.30. The number of ether oxygens (including phenoxy) is 1. The predicted octanol–water partition coefficient (Wildman–Crippen LogP) is 2.42. The largest absolute Gasteiger partial charge is 0.380 e. The summed E-state index contributed by atoms with van der Waals surface area (Å²) in [5, 5.41) is 0. The number of hydrogen-bond acceptors (Lipinski definition) is 2. The van der Waals surface area contributed by atoms with Gasteiger partial charge in [-0.2, -0.15) is 0 Å². The van der Waals surface area contributed by atoms with Gasteiger partial charge in [0.25, 0.3) is 0 Å². The zero-order valence-electron chi connectivity index (χ0n) is 8.71. The second kappa shape index (κ2) is 5.38. The first kappa shape index (κ1) is 10.7. The zero-order chi connectivity index (χ0) is 9.68. The van der Waals surface area contributed by atoms with Crippen LogP contribution in [-0.2, 0) is 9.53 Å². The van der Waals surface area contributed by atoms with Gasteiger partial charge in [0.05, 0.1) is 13.2 Å². The van der Waals surface area contributed by atoms with Crippen molar-refractivity contribution in [2.24, 2.45) is 11.8 Å². The minimum absolute atomic E-state index is 0.201. The Bertz CT molecular complexity index is 163. The van der Waals surface area contributed by atoms with Crippen molar-refractivity contribution < 1.29 is 9.53 Å². The first-order chi connectivity index (χ1) is 6.20. The molecular formula is C11H20O2. The fraction of sp³-hybridized carbons (Fsp3) is 0.909. The lowest BCUT2D eigenvalue weighted by atomic mass is 9.93. The minimum Gasteiger partial charge on any atom is -0.380 e. The van der Waals surface area contributed by atoms with Crippen LogP contribution in [0.4, 0.5) is 0 Å². The minimum atomic E-state index is 0.201. The third kappa shape index (κ3) is 3.90. The van der Waals surface area contributed by atoms with Crippen molar-refractivity contribution in [2.45, 2.75) is 39.5 Å². The highest BCUT2D eigenvalue weighted by atomic mass is 16.5. The molecule has 1 aliphatic heterocycles. The van der Waals surface area contributed by atoms with Crippen LogP contribution in [0.1, 0.15) is 39.5 Å². The van der Waals surface area contributed by atoms with Gasteiger partial charge < -0.3 is 4.74 Å². The third-order valence-electron chi connectivity index (χ3n) is 2.60. The number of carbonyl (C=O) groups excluding carboxylic acids is 1. The number of hydrogen-bond donors (Lipinski definition) is 0. The number of Topliss-reactive ketones (excluding diaryl/α,β-unsaturated/α-hetero) is 1. The fourth-order valence-electron chi connectivity index (χ4n) is 1.71. The molecule has 0 spiro atoms. The van der Waals surface area contributed by atoms with Crippen molar-refractivity contribution in [2.75, 3.05) is 13.2 Å². The van der Waals surface area contributed by atoms with Gasteiger partial charge in [0.2, 0.25) is 0 Å². The number of rotatable bonds is 4. The van der Waals surface area contributed by atoms with Gasteiger partial charge in [0.15, 0.2) is 0 Å². The Kier molecular flexibility index (Phi) is 4.43. The summed E-state index contributed by atoms with van der Waals surface area (Å²) in [5.74, 6) is 1.36. The van der Waals surface area contributed by atoms with Crippen LogP contribution in [0, 0.1) is 11.8 Å². The lowest BCUT2D eigenvalue weighted by Gasteiger charge is -2.20. The van der Waals surface area contributed by atoms with E-state index in [0.29, 0.717) is 25.4 Å². The maximum Gasteiger partial charge on any atom is 0.140 e.